The van der Waals surface area contributed by atoms with Gasteiger partial charge in [-0.1, -0.05) is 13.8 Å². The normalized spacial score (nSPS) is 20.5. The molecule has 70 valence electrons. The fourth-order valence-corrected chi connectivity index (χ4v) is 0.815. The van der Waals surface area contributed by atoms with Gasteiger partial charge in [0, 0.05) is 12.6 Å². The lowest BCUT2D eigenvalue weighted by atomic mass is 10.1. The van der Waals surface area contributed by atoms with Crippen molar-refractivity contribution >= 4 is 7.32 Å². The first-order valence-corrected chi connectivity index (χ1v) is 4.30. The van der Waals surface area contributed by atoms with Crippen LogP contribution in [0.4, 0.5) is 0 Å². The average Bonchev–Trinajstić information content (AvgIpc) is 2.51. The Kier molecular flexibility index (Phi) is 4.01. The van der Waals surface area contributed by atoms with Gasteiger partial charge in [-0.05, 0) is 5.92 Å². The van der Waals surface area contributed by atoms with E-state index in [-0.39, 0.29) is 6.04 Å². The Hall–Kier alpha value is -0.0951. The van der Waals surface area contributed by atoms with E-state index in [1.807, 2.05) is 0 Å². The maximum Gasteiger partial charge on any atom is 0.639 e. The minimum Gasteiger partial charge on any atom is -0.384 e. The van der Waals surface area contributed by atoms with E-state index in [4.69, 9.17) is 19.7 Å². The van der Waals surface area contributed by atoms with E-state index < -0.39 is 7.32 Å². The van der Waals surface area contributed by atoms with Crippen molar-refractivity contribution < 1.29 is 14.0 Å². The van der Waals surface area contributed by atoms with Crippen molar-refractivity contribution in [1.29, 1.82) is 0 Å². The van der Waals surface area contributed by atoms with E-state index in [1.54, 1.807) is 0 Å². The fourth-order valence-electron chi connectivity index (χ4n) is 0.815. The van der Waals surface area contributed by atoms with Gasteiger partial charge in [0.1, 0.15) is 0 Å². The molecule has 0 aromatic carbocycles. The van der Waals surface area contributed by atoms with Crippen LogP contribution in [0.15, 0.2) is 0 Å². The van der Waals surface area contributed by atoms with Gasteiger partial charge in [-0.25, -0.2) is 0 Å². The minimum absolute atomic E-state index is 0.0535. The van der Waals surface area contributed by atoms with E-state index >= 15 is 0 Å². The smallest absolute Gasteiger partial charge is 0.384 e. The van der Waals surface area contributed by atoms with E-state index in [0.29, 0.717) is 25.7 Å². The van der Waals surface area contributed by atoms with Crippen LogP contribution in [-0.4, -0.2) is 33.2 Å². The third-order valence-corrected chi connectivity index (χ3v) is 1.87. The maximum atomic E-state index is 5.76. The Morgan fingerprint density at radius 2 is 2.00 bits per heavy atom. The van der Waals surface area contributed by atoms with Crippen molar-refractivity contribution in [3.8, 4) is 0 Å². The number of rotatable bonds is 4. The summed E-state index contributed by atoms with van der Waals surface area (Å²) in [5.74, 6) is 0.423. The van der Waals surface area contributed by atoms with E-state index in [0.717, 1.165) is 0 Å². The summed E-state index contributed by atoms with van der Waals surface area (Å²) in [6, 6.07) is 0.0535. The second kappa shape index (κ2) is 4.82. The monoisotopic (exact) mass is 173 g/mol. The molecule has 0 aliphatic carbocycles. The molecule has 0 bridgehead atoms. The zero-order chi connectivity index (χ0) is 8.97. The summed E-state index contributed by atoms with van der Waals surface area (Å²) < 4.78 is 15.4. The molecule has 0 spiro atoms. The van der Waals surface area contributed by atoms with Crippen molar-refractivity contribution in [2.45, 2.75) is 19.9 Å². The van der Waals surface area contributed by atoms with Gasteiger partial charge in [-0.3, -0.25) is 0 Å². The molecule has 0 aromatic heterocycles. The first-order valence-electron chi connectivity index (χ1n) is 4.30. The lowest BCUT2D eigenvalue weighted by Gasteiger charge is -2.16. The second-order valence-electron chi connectivity index (χ2n) is 3.27. The molecule has 0 aromatic rings. The maximum absolute atomic E-state index is 5.76. The summed E-state index contributed by atoms with van der Waals surface area (Å²) in [5, 5.41) is 0. The van der Waals surface area contributed by atoms with Gasteiger partial charge < -0.3 is 19.7 Å². The molecule has 1 rings (SSSR count). The summed E-state index contributed by atoms with van der Waals surface area (Å²) in [6.07, 6.45) is 0. The molecule has 12 heavy (non-hydrogen) atoms. The van der Waals surface area contributed by atoms with Crippen LogP contribution < -0.4 is 5.73 Å². The Labute approximate surface area is 73.5 Å². The molecule has 0 radical (unpaired) electrons. The van der Waals surface area contributed by atoms with Gasteiger partial charge >= 0.3 is 7.32 Å². The highest BCUT2D eigenvalue weighted by Gasteiger charge is 2.27. The molecule has 1 aliphatic heterocycles. The molecule has 5 heteroatoms. The molecular formula is C7H16BNO3. The summed E-state index contributed by atoms with van der Waals surface area (Å²) in [5.41, 5.74) is 5.76. The predicted octanol–water partition coefficient (Wildman–Crippen LogP) is 0.0180. The third kappa shape index (κ3) is 3.10. The van der Waals surface area contributed by atoms with E-state index in [9.17, 15) is 0 Å². The van der Waals surface area contributed by atoms with Crippen LogP contribution in [0.3, 0.4) is 0 Å². The van der Waals surface area contributed by atoms with Crippen LogP contribution in [0, 0.1) is 5.92 Å². The van der Waals surface area contributed by atoms with Crippen molar-refractivity contribution in [3.05, 3.63) is 0 Å². The Morgan fingerprint density at radius 1 is 1.42 bits per heavy atom. The van der Waals surface area contributed by atoms with Crippen LogP contribution in [-0.2, 0) is 14.0 Å². The number of hydrogen-bond acceptors (Lipinski definition) is 4. The molecule has 1 aliphatic rings. The molecule has 4 nitrogen and oxygen atoms in total. The van der Waals surface area contributed by atoms with E-state index in [1.165, 1.54) is 0 Å². The molecular weight excluding hydrogens is 157 g/mol. The summed E-state index contributed by atoms with van der Waals surface area (Å²) in [6.45, 7) is 5.83. The number of hydrogen-bond donors (Lipinski definition) is 1. The lowest BCUT2D eigenvalue weighted by molar-refractivity contribution is 0.158. The topological polar surface area (TPSA) is 53.7 Å². The molecule has 1 atom stereocenters. The molecule has 1 saturated heterocycles. The van der Waals surface area contributed by atoms with Gasteiger partial charge in [0.05, 0.1) is 13.2 Å². The summed E-state index contributed by atoms with van der Waals surface area (Å²) in [7, 11) is -0.491. The first-order chi connectivity index (χ1) is 5.70. The van der Waals surface area contributed by atoms with E-state index in [2.05, 4.69) is 13.8 Å². The standard InChI is InChI=1S/C7H16BNO3/c1-6(2)7(9)5-12-8-10-3-4-11-8/h6-7H,3-5,9H2,1-2H3/t7-/m1/s1. The second-order valence-corrected chi connectivity index (χ2v) is 3.27. The van der Waals surface area contributed by atoms with Gasteiger partial charge in [0.25, 0.3) is 0 Å². The van der Waals surface area contributed by atoms with Gasteiger partial charge in [0.15, 0.2) is 0 Å². The molecule has 1 fully saturated rings. The molecule has 0 amide bonds. The third-order valence-electron chi connectivity index (χ3n) is 1.87. The van der Waals surface area contributed by atoms with Crippen LogP contribution in [0.2, 0.25) is 0 Å². The Morgan fingerprint density at radius 3 is 2.50 bits per heavy atom. The summed E-state index contributed by atoms with van der Waals surface area (Å²) in [4.78, 5) is 0. The average molecular weight is 173 g/mol. The minimum atomic E-state index is -0.491. The van der Waals surface area contributed by atoms with Crippen LogP contribution >= 0.6 is 0 Å². The largest absolute Gasteiger partial charge is 0.639 e. The SMILES string of the molecule is CC(C)[C@H](N)COB1OCCO1. The molecule has 1 heterocycles. The zero-order valence-corrected chi connectivity index (χ0v) is 7.66. The predicted molar refractivity (Wildman–Crippen MR) is 46.4 cm³/mol. The lowest BCUT2D eigenvalue weighted by Crippen LogP contribution is -2.35. The van der Waals surface area contributed by atoms with Crippen molar-refractivity contribution in [3.63, 3.8) is 0 Å². The van der Waals surface area contributed by atoms with Crippen LogP contribution in [0.25, 0.3) is 0 Å². The molecule has 0 saturated carbocycles. The number of nitrogens with two attached hydrogens (primary N) is 1. The Balaban J connectivity index is 2.07. The molecule has 2 N–H and O–H groups in total. The summed E-state index contributed by atoms with van der Waals surface area (Å²) >= 11 is 0. The highest BCUT2D eigenvalue weighted by Crippen LogP contribution is 2.04. The quantitative estimate of drug-likeness (QED) is 0.608. The first kappa shape index (κ1) is 9.99. The Bertz CT molecular complexity index is 126. The fraction of sp³-hybridized carbons (Fsp3) is 1.00. The molecule has 0 unspecified atom stereocenters. The van der Waals surface area contributed by atoms with Crippen molar-refractivity contribution in [1.82, 2.24) is 0 Å². The van der Waals surface area contributed by atoms with Crippen molar-refractivity contribution in [2.24, 2.45) is 11.7 Å². The van der Waals surface area contributed by atoms with Gasteiger partial charge in [-0.2, -0.15) is 0 Å². The highest BCUT2D eigenvalue weighted by atomic mass is 16.8. The van der Waals surface area contributed by atoms with Crippen LogP contribution in [0.1, 0.15) is 13.8 Å². The zero-order valence-electron chi connectivity index (χ0n) is 7.66. The highest BCUT2D eigenvalue weighted by molar-refractivity contribution is 6.36. The van der Waals surface area contributed by atoms with Crippen LogP contribution in [0.5, 0.6) is 0 Å². The van der Waals surface area contributed by atoms with Gasteiger partial charge in [0.2, 0.25) is 0 Å². The van der Waals surface area contributed by atoms with Gasteiger partial charge in [-0.15, -0.1) is 0 Å². The van der Waals surface area contributed by atoms with Crippen molar-refractivity contribution in [2.75, 3.05) is 19.8 Å².